The first-order valence-electron chi connectivity index (χ1n) is 10.4. The summed E-state index contributed by atoms with van der Waals surface area (Å²) in [6.45, 7) is 4.87. The molecule has 2 aliphatic rings. The Kier molecular flexibility index (Phi) is 3.98. The summed E-state index contributed by atoms with van der Waals surface area (Å²) in [4.78, 5) is 0. The van der Waals surface area contributed by atoms with Crippen molar-refractivity contribution in [2.75, 3.05) is 0 Å². The molecule has 2 aliphatic carbocycles. The van der Waals surface area contributed by atoms with Crippen molar-refractivity contribution in [1.29, 1.82) is 0 Å². The van der Waals surface area contributed by atoms with Gasteiger partial charge in [-0.05, 0) is 101 Å². The molecule has 0 bridgehead atoms. The number of rotatable bonds is 0. The number of aromatic hydroxyl groups is 1. The van der Waals surface area contributed by atoms with Gasteiger partial charge in [-0.2, -0.15) is 0 Å². The van der Waals surface area contributed by atoms with Gasteiger partial charge in [-0.15, -0.1) is 0 Å². The molecule has 28 heavy (non-hydrogen) atoms. The van der Waals surface area contributed by atoms with Crippen molar-refractivity contribution in [2.24, 2.45) is 11.3 Å². The average molecular weight is 367 g/mol. The highest BCUT2D eigenvalue weighted by atomic mass is 16.3. The monoisotopic (exact) mass is 366 g/mol. The van der Waals surface area contributed by atoms with Crippen LogP contribution in [0.2, 0.25) is 0 Å². The van der Waals surface area contributed by atoms with E-state index in [2.05, 4.69) is 43.9 Å². The van der Waals surface area contributed by atoms with E-state index in [1.807, 2.05) is 30.3 Å². The van der Waals surface area contributed by atoms with Crippen LogP contribution < -0.4 is 0 Å². The summed E-state index contributed by atoms with van der Waals surface area (Å²) in [7, 11) is 0. The first kappa shape index (κ1) is 17.4. The van der Waals surface area contributed by atoms with Crippen molar-refractivity contribution < 1.29 is 5.11 Å². The van der Waals surface area contributed by atoms with Gasteiger partial charge in [0.25, 0.3) is 0 Å². The summed E-state index contributed by atoms with van der Waals surface area (Å²) in [6, 6.07) is 18.3. The second-order valence-corrected chi connectivity index (χ2v) is 9.09. The third-order valence-corrected chi connectivity index (χ3v) is 7.00. The molecule has 0 aromatic heterocycles. The molecule has 0 amide bonds. The molecule has 3 aromatic carbocycles. The molecule has 0 unspecified atom stereocenters. The number of phenolic OH excluding ortho intramolecular Hbond substituents is 1. The molecule has 140 valence electrons. The Labute approximate surface area is 167 Å². The zero-order valence-electron chi connectivity index (χ0n) is 16.6. The molecule has 0 saturated heterocycles. The van der Waals surface area contributed by atoms with Crippen LogP contribution in [0.3, 0.4) is 0 Å². The van der Waals surface area contributed by atoms with E-state index in [0.717, 1.165) is 28.9 Å². The molecule has 1 heteroatoms. The molecular formula is C27H26O. The number of fused-ring (bicyclic) bond motifs is 5. The van der Waals surface area contributed by atoms with Gasteiger partial charge in [0, 0.05) is 11.1 Å². The van der Waals surface area contributed by atoms with Crippen LogP contribution >= 0.6 is 0 Å². The molecule has 3 atom stereocenters. The van der Waals surface area contributed by atoms with Gasteiger partial charge in [0.05, 0.1) is 0 Å². The van der Waals surface area contributed by atoms with Gasteiger partial charge in [-0.3, -0.25) is 0 Å². The largest absolute Gasteiger partial charge is 0.508 e. The van der Waals surface area contributed by atoms with Crippen LogP contribution in [-0.2, 0) is 6.42 Å². The lowest BCUT2D eigenvalue weighted by Crippen LogP contribution is -2.26. The second kappa shape index (κ2) is 6.42. The Morgan fingerprint density at radius 2 is 1.82 bits per heavy atom. The van der Waals surface area contributed by atoms with Crippen molar-refractivity contribution in [1.82, 2.24) is 0 Å². The smallest absolute Gasteiger partial charge is 0.116 e. The SMILES string of the molecule is C[C@H]1C[C@H]2c3cc(C#Cc4ccccc4)c4ccc(O)cc4c3CC[C@]2(C)C1. The molecule has 3 aromatic rings. The van der Waals surface area contributed by atoms with Crippen LogP contribution in [0.4, 0.5) is 0 Å². The fourth-order valence-corrected chi connectivity index (χ4v) is 5.74. The van der Waals surface area contributed by atoms with E-state index in [1.165, 1.54) is 35.8 Å². The van der Waals surface area contributed by atoms with E-state index in [4.69, 9.17) is 0 Å². The van der Waals surface area contributed by atoms with Gasteiger partial charge in [0.1, 0.15) is 5.75 Å². The zero-order valence-corrected chi connectivity index (χ0v) is 16.6. The van der Waals surface area contributed by atoms with Gasteiger partial charge in [-0.25, -0.2) is 0 Å². The van der Waals surface area contributed by atoms with E-state index in [-0.39, 0.29) is 0 Å². The normalized spacial score (nSPS) is 25.6. The van der Waals surface area contributed by atoms with Crippen molar-refractivity contribution in [2.45, 2.75) is 45.4 Å². The molecule has 1 fully saturated rings. The highest BCUT2D eigenvalue weighted by molar-refractivity contribution is 5.93. The van der Waals surface area contributed by atoms with Crippen molar-refractivity contribution >= 4 is 10.8 Å². The fourth-order valence-electron chi connectivity index (χ4n) is 5.74. The van der Waals surface area contributed by atoms with Crippen LogP contribution in [0, 0.1) is 23.2 Å². The highest BCUT2D eigenvalue weighted by Crippen LogP contribution is 2.58. The van der Waals surface area contributed by atoms with Crippen molar-refractivity contribution in [3.8, 4) is 17.6 Å². The molecule has 1 nitrogen and oxygen atoms in total. The quantitative estimate of drug-likeness (QED) is 0.456. The van der Waals surface area contributed by atoms with Crippen molar-refractivity contribution in [3.05, 3.63) is 76.9 Å². The Morgan fingerprint density at radius 3 is 2.64 bits per heavy atom. The van der Waals surface area contributed by atoms with E-state index < -0.39 is 0 Å². The lowest BCUT2D eigenvalue weighted by molar-refractivity contribution is 0.248. The number of benzene rings is 3. The fraction of sp³-hybridized carbons (Fsp3) is 0.333. The number of phenols is 1. The van der Waals surface area contributed by atoms with Crippen LogP contribution in [0.5, 0.6) is 5.75 Å². The van der Waals surface area contributed by atoms with E-state index in [9.17, 15) is 5.11 Å². The molecule has 0 heterocycles. The van der Waals surface area contributed by atoms with Gasteiger partial charge in [0.2, 0.25) is 0 Å². The van der Waals surface area contributed by atoms with Crippen LogP contribution in [0.1, 0.15) is 61.3 Å². The molecule has 1 saturated carbocycles. The molecular weight excluding hydrogens is 340 g/mol. The van der Waals surface area contributed by atoms with Crippen molar-refractivity contribution in [3.63, 3.8) is 0 Å². The van der Waals surface area contributed by atoms with Gasteiger partial charge >= 0.3 is 0 Å². The van der Waals surface area contributed by atoms with Gasteiger partial charge < -0.3 is 5.11 Å². The minimum absolute atomic E-state index is 0.344. The predicted molar refractivity (Wildman–Crippen MR) is 116 cm³/mol. The van der Waals surface area contributed by atoms with Crippen LogP contribution in [0.15, 0.2) is 54.6 Å². The summed E-state index contributed by atoms with van der Waals surface area (Å²) in [5.74, 6) is 8.51. The first-order chi connectivity index (χ1) is 13.5. The number of hydrogen-bond donors (Lipinski definition) is 1. The van der Waals surface area contributed by atoms with Crippen LogP contribution in [-0.4, -0.2) is 5.11 Å². The highest BCUT2D eigenvalue weighted by Gasteiger charge is 2.46. The van der Waals surface area contributed by atoms with Crippen LogP contribution in [0.25, 0.3) is 10.8 Å². The minimum Gasteiger partial charge on any atom is -0.508 e. The molecule has 0 spiro atoms. The molecule has 0 radical (unpaired) electrons. The van der Waals surface area contributed by atoms with Gasteiger partial charge in [-0.1, -0.05) is 43.9 Å². The molecule has 5 rings (SSSR count). The zero-order chi connectivity index (χ0) is 19.3. The third-order valence-electron chi connectivity index (χ3n) is 7.00. The first-order valence-corrected chi connectivity index (χ1v) is 10.4. The topological polar surface area (TPSA) is 20.2 Å². The lowest BCUT2D eigenvalue weighted by atomic mass is 9.66. The Bertz CT molecular complexity index is 1120. The van der Waals surface area contributed by atoms with E-state index >= 15 is 0 Å². The molecule has 1 N–H and O–H groups in total. The maximum atomic E-state index is 10.2. The van der Waals surface area contributed by atoms with E-state index in [0.29, 0.717) is 17.1 Å². The second-order valence-electron chi connectivity index (χ2n) is 9.09. The minimum atomic E-state index is 0.344. The average Bonchev–Trinajstić information content (AvgIpc) is 3.01. The third kappa shape index (κ3) is 2.80. The summed E-state index contributed by atoms with van der Waals surface area (Å²) in [5, 5.41) is 12.5. The maximum Gasteiger partial charge on any atom is 0.116 e. The Morgan fingerprint density at radius 1 is 1.00 bits per heavy atom. The predicted octanol–water partition coefficient (Wildman–Crippen LogP) is 6.41. The summed E-state index contributed by atoms with van der Waals surface area (Å²) in [5.41, 5.74) is 5.44. The summed E-state index contributed by atoms with van der Waals surface area (Å²) >= 11 is 0. The number of aryl methyl sites for hydroxylation is 1. The molecule has 0 aliphatic heterocycles. The maximum absolute atomic E-state index is 10.2. The van der Waals surface area contributed by atoms with Gasteiger partial charge in [0.15, 0.2) is 0 Å². The Balaban J connectivity index is 1.73. The summed E-state index contributed by atoms with van der Waals surface area (Å²) < 4.78 is 0. The Hall–Kier alpha value is -2.72. The number of hydrogen-bond acceptors (Lipinski definition) is 1. The van der Waals surface area contributed by atoms with E-state index in [1.54, 1.807) is 6.07 Å². The standard InChI is InChI=1S/C27H26O/c1-18-14-26-25-15-20(9-8-19-6-4-3-5-7-19)22-11-10-21(28)16-24(22)23(25)12-13-27(26,2)17-18/h3-7,10-11,15-16,18,26,28H,12-14,17H2,1-2H3/t18-,26-,27+/m0/s1. The summed E-state index contributed by atoms with van der Waals surface area (Å²) in [6.07, 6.45) is 4.93. The lowest BCUT2D eigenvalue weighted by Gasteiger charge is -2.38.